The molecule has 1 saturated heterocycles. The van der Waals surface area contributed by atoms with Crippen LogP contribution in [0.5, 0.6) is 0 Å². The summed E-state index contributed by atoms with van der Waals surface area (Å²) >= 11 is 0. The molecule has 0 radical (unpaired) electrons. The van der Waals surface area contributed by atoms with Crippen molar-refractivity contribution >= 4 is 11.9 Å². The Hall–Kier alpha value is -2.08. The van der Waals surface area contributed by atoms with E-state index in [-0.39, 0.29) is 26.1 Å². The fourth-order valence-electron chi connectivity index (χ4n) is 5.78. The molecule has 6 atom stereocenters. The lowest BCUT2D eigenvalue weighted by Gasteiger charge is -2.39. The first-order valence-electron chi connectivity index (χ1n) is 20.1. The van der Waals surface area contributed by atoms with E-state index in [0.29, 0.717) is 12.8 Å². The number of aliphatic hydroxyl groups is 4. The summed E-state index contributed by atoms with van der Waals surface area (Å²) in [7, 11) is 0. The maximum Gasteiger partial charge on any atom is 0.306 e. The number of ether oxygens (including phenoxy) is 4. The highest BCUT2D eigenvalue weighted by Crippen LogP contribution is 2.22. The Bertz CT molecular complexity index is 933. The first-order chi connectivity index (χ1) is 24.8. The van der Waals surface area contributed by atoms with Gasteiger partial charge >= 0.3 is 11.9 Å². The number of esters is 2. The lowest BCUT2D eigenvalue weighted by atomic mass is 9.99. The van der Waals surface area contributed by atoms with Gasteiger partial charge in [0.1, 0.15) is 31.0 Å². The molecular formula is C41H72O10. The Kier molecular flexibility index (Phi) is 30.0. The number of hydrogen-bond donors (Lipinski definition) is 4. The van der Waals surface area contributed by atoms with Crippen LogP contribution in [0.4, 0.5) is 0 Å². The third-order valence-corrected chi connectivity index (χ3v) is 9.03. The number of carbonyl (C=O) groups excluding carboxylic acids is 2. The second-order valence-electron chi connectivity index (χ2n) is 13.7. The van der Waals surface area contributed by atoms with Crippen molar-refractivity contribution < 1.29 is 49.0 Å². The van der Waals surface area contributed by atoms with E-state index in [1.807, 2.05) is 0 Å². The van der Waals surface area contributed by atoms with Gasteiger partial charge in [0.25, 0.3) is 0 Å². The zero-order valence-corrected chi connectivity index (χ0v) is 31.8. The molecule has 0 aromatic rings. The molecule has 0 aromatic heterocycles. The van der Waals surface area contributed by atoms with Gasteiger partial charge in [-0.05, 0) is 51.4 Å². The molecule has 2 unspecified atom stereocenters. The van der Waals surface area contributed by atoms with E-state index in [9.17, 15) is 30.0 Å². The van der Waals surface area contributed by atoms with E-state index >= 15 is 0 Å². The van der Waals surface area contributed by atoms with Gasteiger partial charge in [-0.3, -0.25) is 9.59 Å². The first kappa shape index (κ1) is 46.9. The number of unbranched alkanes of at least 4 members (excludes halogenated alkanes) is 15. The van der Waals surface area contributed by atoms with E-state index in [1.165, 1.54) is 57.8 Å². The number of rotatable bonds is 32. The van der Waals surface area contributed by atoms with Crippen molar-refractivity contribution in [2.24, 2.45) is 0 Å². The summed E-state index contributed by atoms with van der Waals surface area (Å²) in [5.41, 5.74) is 0. The van der Waals surface area contributed by atoms with E-state index in [4.69, 9.17) is 18.9 Å². The summed E-state index contributed by atoms with van der Waals surface area (Å²) in [6.45, 7) is 3.33. The van der Waals surface area contributed by atoms with Crippen molar-refractivity contribution in [2.75, 3.05) is 19.8 Å². The zero-order chi connectivity index (χ0) is 37.4. The van der Waals surface area contributed by atoms with Crippen LogP contribution in [0.15, 0.2) is 36.5 Å². The molecule has 1 aliphatic rings. The van der Waals surface area contributed by atoms with E-state index in [0.717, 1.165) is 57.8 Å². The van der Waals surface area contributed by atoms with Crippen LogP contribution < -0.4 is 0 Å². The average molecular weight is 725 g/mol. The van der Waals surface area contributed by atoms with Crippen LogP contribution in [0.2, 0.25) is 0 Å². The minimum Gasteiger partial charge on any atom is -0.462 e. The third kappa shape index (κ3) is 24.7. The summed E-state index contributed by atoms with van der Waals surface area (Å²) in [6, 6.07) is 0. The fourth-order valence-corrected chi connectivity index (χ4v) is 5.78. The Balaban J connectivity index is 2.37. The van der Waals surface area contributed by atoms with Crippen LogP contribution in [0.1, 0.15) is 155 Å². The maximum atomic E-state index is 12.6. The topological polar surface area (TPSA) is 152 Å². The van der Waals surface area contributed by atoms with Crippen LogP contribution >= 0.6 is 0 Å². The fraction of sp³-hybridized carbons (Fsp3) is 0.805. The van der Waals surface area contributed by atoms with Gasteiger partial charge in [-0.15, -0.1) is 0 Å². The highest BCUT2D eigenvalue weighted by molar-refractivity contribution is 5.70. The SMILES string of the molecule is CCCCC/C=C/C/C=C/C/C=C/CCCCCCC(=O)OC[C@@H](CO[C@H]1O[C@@H](CO)[C@@H](O)C(O)C1O)OC(=O)CCCCCCCCCCC. The van der Waals surface area contributed by atoms with E-state index in [2.05, 4.69) is 50.3 Å². The summed E-state index contributed by atoms with van der Waals surface area (Å²) < 4.78 is 22.0. The summed E-state index contributed by atoms with van der Waals surface area (Å²) in [5, 5.41) is 39.9. The number of hydrogen-bond acceptors (Lipinski definition) is 10. The monoisotopic (exact) mass is 725 g/mol. The standard InChI is InChI=1S/C41H72O10/c1-3-5-7-9-11-13-14-15-16-17-18-19-20-22-23-25-27-29-36(43)48-32-34(33-49-41-40(47)39(46)38(45)35(31-42)51-41)50-37(44)30-28-26-24-21-12-10-8-6-4-2/h11,13,15-16,18-19,34-35,38-42,45-47H,3-10,12,14,17,20-33H2,1-2H3/b13-11+,16-15+,19-18+/t34-,35-,38+,39?,40?,41-/m0/s1. The van der Waals surface area contributed by atoms with Gasteiger partial charge in [-0.1, -0.05) is 127 Å². The molecule has 10 nitrogen and oxygen atoms in total. The van der Waals surface area contributed by atoms with Crippen molar-refractivity contribution in [3.8, 4) is 0 Å². The van der Waals surface area contributed by atoms with Gasteiger partial charge < -0.3 is 39.4 Å². The average Bonchev–Trinajstić information content (AvgIpc) is 3.13. The van der Waals surface area contributed by atoms with Gasteiger partial charge in [0.15, 0.2) is 12.4 Å². The molecule has 0 aliphatic carbocycles. The van der Waals surface area contributed by atoms with Crippen LogP contribution in [-0.2, 0) is 28.5 Å². The van der Waals surface area contributed by atoms with Gasteiger partial charge in [-0.2, -0.15) is 0 Å². The molecule has 51 heavy (non-hydrogen) atoms. The molecular weight excluding hydrogens is 652 g/mol. The normalized spacial score (nSPS) is 21.6. The predicted octanol–water partition coefficient (Wildman–Crippen LogP) is 7.55. The van der Waals surface area contributed by atoms with E-state index < -0.39 is 55.4 Å². The highest BCUT2D eigenvalue weighted by Gasteiger charge is 2.44. The molecule has 0 spiro atoms. The maximum absolute atomic E-state index is 12.6. The second kappa shape index (κ2) is 32.6. The van der Waals surface area contributed by atoms with Crippen molar-refractivity contribution in [1.82, 2.24) is 0 Å². The van der Waals surface area contributed by atoms with Gasteiger partial charge in [0, 0.05) is 12.8 Å². The largest absolute Gasteiger partial charge is 0.462 e. The Morgan fingerprint density at radius 2 is 1.10 bits per heavy atom. The van der Waals surface area contributed by atoms with E-state index in [1.54, 1.807) is 0 Å². The molecule has 1 heterocycles. The van der Waals surface area contributed by atoms with Crippen LogP contribution in [0.3, 0.4) is 0 Å². The predicted molar refractivity (Wildman–Crippen MR) is 201 cm³/mol. The van der Waals surface area contributed by atoms with Gasteiger partial charge in [0.05, 0.1) is 13.2 Å². The zero-order valence-electron chi connectivity index (χ0n) is 31.8. The molecule has 1 fully saturated rings. The summed E-state index contributed by atoms with van der Waals surface area (Å²) in [4.78, 5) is 25.1. The Morgan fingerprint density at radius 1 is 0.608 bits per heavy atom. The van der Waals surface area contributed by atoms with Crippen LogP contribution in [0.25, 0.3) is 0 Å². The molecule has 296 valence electrons. The van der Waals surface area contributed by atoms with Gasteiger partial charge in [0.2, 0.25) is 0 Å². The molecule has 1 aliphatic heterocycles. The third-order valence-electron chi connectivity index (χ3n) is 9.03. The van der Waals surface area contributed by atoms with Crippen molar-refractivity contribution in [3.05, 3.63) is 36.5 Å². The van der Waals surface area contributed by atoms with Crippen LogP contribution in [-0.4, -0.2) is 89.0 Å². The molecule has 4 N–H and O–H groups in total. The number of aliphatic hydroxyl groups excluding tert-OH is 4. The number of carbonyl (C=O) groups is 2. The van der Waals surface area contributed by atoms with Crippen molar-refractivity contribution in [2.45, 2.75) is 192 Å². The minimum atomic E-state index is -1.60. The van der Waals surface area contributed by atoms with Crippen molar-refractivity contribution in [1.29, 1.82) is 0 Å². The molecule has 10 heteroatoms. The van der Waals surface area contributed by atoms with Gasteiger partial charge in [-0.25, -0.2) is 0 Å². The smallest absolute Gasteiger partial charge is 0.306 e. The Labute approximate surface area is 308 Å². The molecule has 0 saturated carbocycles. The van der Waals surface area contributed by atoms with Crippen LogP contribution in [0, 0.1) is 0 Å². The summed E-state index contributed by atoms with van der Waals surface area (Å²) in [5.74, 6) is -0.836. The second-order valence-corrected chi connectivity index (χ2v) is 13.7. The molecule has 1 rings (SSSR count). The quantitative estimate of drug-likeness (QED) is 0.0311. The lowest BCUT2D eigenvalue weighted by Crippen LogP contribution is -2.59. The molecule has 0 bridgehead atoms. The lowest BCUT2D eigenvalue weighted by molar-refractivity contribution is -0.305. The first-order valence-corrected chi connectivity index (χ1v) is 20.1. The van der Waals surface area contributed by atoms with Crippen molar-refractivity contribution in [3.63, 3.8) is 0 Å². The summed E-state index contributed by atoms with van der Waals surface area (Å²) in [6.07, 6.45) is 27.3. The molecule has 0 amide bonds. The Morgan fingerprint density at radius 3 is 1.69 bits per heavy atom. The number of allylic oxidation sites excluding steroid dienone is 6. The highest BCUT2D eigenvalue weighted by atomic mass is 16.7. The minimum absolute atomic E-state index is 0.225. The molecule has 0 aromatic carbocycles.